The van der Waals surface area contributed by atoms with Gasteiger partial charge in [0, 0.05) is 12.8 Å². The molecule has 2 N–H and O–H groups in total. The Balaban J connectivity index is 2.26. The monoisotopic (exact) mass is 478 g/mol. The molecule has 0 amide bonds. The fourth-order valence-electron chi connectivity index (χ4n) is 5.14. The average Bonchev–Trinajstić information content (AvgIpc) is 3.17. The van der Waals surface area contributed by atoms with Crippen molar-refractivity contribution in [3.8, 4) is 0 Å². The van der Waals surface area contributed by atoms with Gasteiger partial charge in [0.05, 0.1) is 36.0 Å². The molecule has 0 aromatic rings. The Hall–Kier alpha value is -2.82. The fourth-order valence-corrected chi connectivity index (χ4v) is 5.14. The quantitative estimate of drug-likeness (QED) is 0.331. The minimum absolute atomic E-state index is 0.0104. The zero-order valence-electron chi connectivity index (χ0n) is 19.8. The first-order chi connectivity index (χ1) is 15.7. The molecule has 5 atom stereocenters. The molecule has 0 aromatic carbocycles. The van der Waals surface area contributed by atoms with Crippen molar-refractivity contribution in [2.24, 2.45) is 0 Å². The number of esters is 3. The van der Waals surface area contributed by atoms with Crippen LogP contribution >= 0.6 is 0 Å². The molecule has 3 aliphatic heterocycles. The summed E-state index contributed by atoms with van der Waals surface area (Å²) in [7, 11) is 1.10. The van der Waals surface area contributed by atoms with Gasteiger partial charge in [-0.15, -0.1) is 0 Å². The number of ether oxygens (including phenoxy) is 4. The maximum Gasteiger partial charge on any atom is 0.337 e. The molecule has 3 heterocycles. The van der Waals surface area contributed by atoms with Crippen LogP contribution < -0.4 is 0 Å². The molecule has 0 radical (unpaired) electrons. The molecule has 0 aliphatic carbocycles. The Bertz CT molecular complexity index is 1010. The maximum atomic E-state index is 13.5. The zero-order valence-corrected chi connectivity index (χ0v) is 19.8. The number of carbonyl (C=O) groups is 4. The Morgan fingerprint density at radius 2 is 1.85 bits per heavy atom. The van der Waals surface area contributed by atoms with Crippen molar-refractivity contribution < 1.29 is 48.3 Å². The molecule has 0 aromatic heterocycles. The van der Waals surface area contributed by atoms with E-state index in [4.69, 9.17) is 18.9 Å². The first kappa shape index (κ1) is 25.8. The van der Waals surface area contributed by atoms with Gasteiger partial charge in [-0.1, -0.05) is 19.2 Å². The van der Waals surface area contributed by atoms with Crippen molar-refractivity contribution in [1.82, 2.24) is 0 Å². The first-order valence-corrected chi connectivity index (χ1v) is 10.9. The molecule has 10 heteroatoms. The minimum atomic E-state index is -2.17. The van der Waals surface area contributed by atoms with Gasteiger partial charge in [-0.25, -0.2) is 14.4 Å². The van der Waals surface area contributed by atoms with Gasteiger partial charge >= 0.3 is 17.9 Å². The summed E-state index contributed by atoms with van der Waals surface area (Å²) in [5.74, 6) is -3.35. The Morgan fingerprint density at radius 3 is 2.41 bits per heavy atom. The number of Topliss-reactive ketones (excluding diaryl/α,β-unsaturated/α-hetero) is 1. The highest BCUT2D eigenvalue weighted by Gasteiger charge is 2.69. The predicted molar refractivity (Wildman–Crippen MR) is 116 cm³/mol. The molecule has 3 saturated heterocycles. The minimum Gasteiger partial charge on any atom is -0.466 e. The number of carbonyl (C=O) groups excluding carboxylic acids is 4. The molecular weight excluding hydrogens is 448 g/mol. The van der Waals surface area contributed by atoms with E-state index >= 15 is 0 Å². The second-order valence-corrected chi connectivity index (χ2v) is 9.40. The summed E-state index contributed by atoms with van der Waals surface area (Å²) in [6.07, 6.45) is -0.624. The number of methoxy groups -OCH3 is 1. The van der Waals surface area contributed by atoms with Crippen molar-refractivity contribution in [2.45, 2.75) is 75.0 Å². The number of aliphatic hydroxyl groups excluding tert-OH is 1. The van der Waals surface area contributed by atoms with Crippen molar-refractivity contribution >= 4 is 23.7 Å². The Morgan fingerprint density at radius 1 is 1.21 bits per heavy atom. The van der Waals surface area contributed by atoms with E-state index in [-0.39, 0.29) is 30.4 Å². The molecule has 34 heavy (non-hydrogen) atoms. The lowest BCUT2D eigenvalue weighted by Crippen LogP contribution is -2.59. The van der Waals surface area contributed by atoms with E-state index in [1.165, 1.54) is 13.0 Å². The molecule has 0 spiro atoms. The van der Waals surface area contributed by atoms with Crippen LogP contribution in [-0.4, -0.2) is 76.1 Å². The highest BCUT2D eigenvalue weighted by atomic mass is 16.6. The van der Waals surface area contributed by atoms with Crippen LogP contribution in [0, 0.1) is 0 Å². The van der Waals surface area contributed by atoms with Gasteiger partial charge in [-0.3, -0.25) is 4.79 Å². The van der Waals surface area contributed by atoms with Crippen molar-refractivity contribution in [3.63, 3.8) is 0 Å². The first-order valence-electron chi connectivity index (χ1n) is 10.9. The average molecular weight is 478 g/mol. The lowest BCUT2D eigenvalue weighted by atomic mass is 9.69. The van der Waals surface area contributed by atoms with Gasteiger partial charge in [-0.05, 0) is 33.6 Å². The van der Waals surface area contributed by atoms with Crippen LogP contribution in [0.2, 0.25) is 0 Å². The van der Waals surface area contributed by atoms with E-state index in [1.807, 2.05) is 0 Å². The Labute approximate surface area is 197 Å². The third-order valence-corrected chi connectivity index (χ3v) is 7.16. The van der Waals surface area contributed by atoms with E-state index in [2.05, 4.69) is 13.2 Å². The largest absolute Gasteiger partial charge is 0.466 e. The second-order valence-electron chi connectivity index (χ2n) is 9.40. The Kier molecular flexibility index (Phi) is 6.40. The normalized spacial score (nSPS) is 38.3. The van der Waals surface area contributed by atoms with Crippen LogP contribution in [0.5, 0.6) is 0 Å². The molecule has 3 rings (SSSR count). The number of fused-ring (bicyclic) bond motifs is 3. The number of allylic oxidation sites excluding steroid dienone is 1. The van der Waals surface area contributed by atoms with Crippen LogP contribution in [0.1, 0.15) is 46.5 Å². The van der Waals surface area contributed by atoms with Gasteiger partial charge < -0.3 is 29.2 Å². The molecule has 3 fully saturated rings. The summed E-state index contributed by atoms with van der Waals surface area (Å²) in [6.45, 7) is 11.1. The summed E-state index contributed by atoms with van der Waals surface area (Å²) in [5, 5.41) is 21.1. The van der Waals surface area contributed by atoms with Crippen molar-refractivity contribution in [2.75, 3.05) is 13.7 Å². The topological polar surface area (TPSA) is 146 Å². The highest BCUT2D eigenvalue weighted by molar-refractivity contribution is 6.05. The van der Waals surface area contributed by atoms with Crippen LogP contribution in [0.15, 0.2) is 36.0 Å². The number of rotatable bonds is 5. The SMILES string of the molecule is C=C(CO)C(=O)O[C@H]1C[C@@]2(C)OC(=O)/C(=C/C)[C@@]2(O)CC[C@]2(C)CC(=O)[C@@]1(C(=C)C(=O)OC)O2. The molecule has 10 nitrogen and oxygen atoms in total. The van der Waals surface area contributed by atoms with E-state index < -0.39 is 70.8 Å². The second kappa shape index (κ2) is 8.44. The number of hydrogen-bond acceptors (Lipinski definition) is 10. The van der Waals surface area contributed by atoms with Crippen LogP contribution in [-0.2, 0) is 38.1 Å². The summed E-state index contributed by atoms with van der Waals surface area (Å²) in [4.78, 5) is 51.4. The van der Waals surface area contributed by atoms with E-state index in [0.717, 1.165) is 7.11 Å². The molecule has 0 unspecified atom stereocenters. The summed E-state index contributed by atoms with van der Waals surface area (Å²) in [5.41, 5.74) is -7.51. The molecule has 0 saturated carbocycles. The molecule has 3 aliphatic rings. The van der Waals surface area contributed by atoms with Crippen LogP contribution in [0.25, 0.3) is 0 Å². The summed E-state index contributed by atoms with van der Waals surface area (Å²) >= 11 is 0. The fraction of sp³-hybridized carbons (Fsp3) is 0.583. The molecular formula is C24H30O10. The van der Waals surface area contributed by atoms with Gasteiger partial charge in [-0.2, -0.15) is 0 Å². The molecule has 2 bridgehead atoms. The number of hydrogen-bond donors (Lipinski definition) is 2. The van der Waals surface area contributed by atoms with Gasteiger partial charge in [0.1, 0.15) is 17.3 Å². The highest BCUT2D eigenvalue weighted by Crippen LogP contribution is 2.54. The lowest BCUT2D eigenvalue weighted by Gasteiger charge is -2.42. The zero-order chi connectivity index (χ0) is 25.7. The van der Waals surface area contributed by atoms with Crippen LogP contribution in [0.4, 0.5) is 0 Å². The number of ketones is 1. The molecule has 186 valence electrons. The summed E-state index contributed by atoms with van der Waals surface area (Å²) < 4.78 is 22.2. The van der Waals surface area contributed by atoms with Crippen molar-refractivity contribution in [1.29, 1.82) is 0 Å². The smallest absolute Gasteiger partial charge is 0.337 e. The van der Waals surface area contributed by atoms with Gasteiger partial charge in [0.25, 0.3) is 0 Å². The third-order valence-electron chi connectivity index (χ3n) is 7.16. The number of aliphatic hydroxyl groups is 2. The van der Waals surface area contributed by atoms with Crippen LogP contribution in [0.3, 0.4) is 0 Å². The standard InChI is InChI=1S/C24H30O10/c1-7-15-20(29)33-22(5)11-17(32-18(27)13(2)12-25)24(14(3)19(28)31-6)16(26)10-21(4,34-24)8-9-23(15,22)30/h7,17,25,30H,2-3,8-12H2,1,4-6H3/b15-7-/t17-,21+,22+,23-,24+/m0/s1. The lowest BCUT2D eigenvalue weighted by molar-refractivity contribution is -0.189. The van der Waals surface area contributed by atoms with E-state index in [1.54, 1.807) is 13.8 Å². The maximum absolute atomic E-state index is 13.5. The van der Waals surface area contributed by atoms with E-state index in [0.29, 0.717) is 0 Å². The third kappa shape index (κ3) is 3.60. The van der Waals surface area contributed by atoms with E-state index in [9.17, 15) is 29.4 Å². The van der Waals surface area contributed by atoms with Gasteiger partial charge in [0.15, 0.2) is 11.4 Å². The predicted octanol–water partition coefficient (Wildman–Crippen LogP) is 0.840. The van der Waals surface area contributed by atoms with Crippen molar-refractivity contribution in [3.05, 3.63) is 36.0 Å². The van der Waals surface area contributed by atoms with Gasteiger partial charge in [0.2, 0.25) is 0 Å². The summed E-state index contributed by atoms with van der Waals surface area (Å²) in [6, 6.07) is 0.